The molecule has 0 atom stereocenters. The van der Waals surface area contributed by atoms with Crippen LogP contribution in [0.15, 0.2) is 31.1 Å². The average Bonchev–Trinajstić information content (AvgIpc) is 2.88. The van der Waals surface area contributed by atoms with Crippen LogP contribution in [0.25, 0.3) is 0 Å². The minimum absolute atomic E-state index is 0.487. The highest BCUT2D eigenvalue weighted by molar-refractivity contribution is 5.69. The molecule has 0 fully saturated rings. The molecule has 15 heavy (non-hydrogen) atoms. The number of hydrogen-bond donors (Lipinski definition) is 0. The van der Waals surface area contributed by atoms with Gasteiger partial charge in [0, 0.05) is 37.9 Å². The Kier molecular flexibility index (Phi) is 2.92. The number of aryl methyl sites for hydroxylation is 2. The molecule has 0 aliphatic rings. The third-order valence-corrected chi connectivity index (χ3v) is 2.23. The topological polar surface area (TPSA) is 52.7 Å². The summed E-state index contributed by atoms with van der Waals surface area (Å²) in [4.78, 5) is 18.5. The van der Waals surface area contributed by atoms with E-state index >= 15 is 0 Å². The van der Waals surface area contributed by atoms with Crippen molar-refractivity contribution >= 4 is 6.29 Å². The Labute approximate surface area is 87.4 Å². The Bertz CT molecular complexity index is 418. The second-order valence-corrected chi connectivity index (χ2v) is 3.25. The van der Waals surface area contributed by atoms with E-state index in [1.54, 1.807) is 18.7 Å². The minimum atomic E-state index is 0.487. The number of carbonyl (C=O) groups excluding carboxylic acids is 1. The van der Waals surface area contributed by atoms with Crippen LogP contribution in [0.5, 0.6) is 0 Å². The number of rotatable bonds is 5. The van der Waals surface area contributed by atoms with Gasteiger partial charge in [0.1, 0.15) is 0 Å². The van der Waals surface area contributed by atoms with Crippen molar-refractivity contribution in [3.8, 4) is 0 Å². The third kappa shape index (κ3) is 2.31. The number of aldehydes is 1. The lowest BCUT2D eigenvalue weighted by molar-refractivity contribution is 0.111. The highest BCUT2D eigenvalue weighted by atomic mass is 16.1. The highest BCUT2D eigenvalue weighted by Gasteiger charge is 1.99. The van der Waals surface area contributed by atoms with Crippen LogP contribution in [0, 0.1) is 0 Å². The van der Waals surface area contributed by atoms with E-state index in [-0.39, 0.29) is 0 Å². The zero-order chi connectivity index (χ0) is 10.5. The molecule has 2 rings (SSSR count). The SMILES string of the molecule is O=Cc1nccn1CCCn1ccnc1. The lowest BCUT2D eigenvalue weighted by Crippen LogP contribution is -2.05. The Morgan fingerprint density at radius 1 is 1.27 bits per heavy atom. The van der Waals surface area contributed by atoms with Gasteiger partial charge in [-0.25, -0.2) is 9.97 Å². The molecule has 0 N–H and O–H groups in total. The molecule has 0 unspecified atom stereocenters. The van der Waals surface area contributed by atoms with Gasteiger partial charge in [-0.05, 0) is 6.42 Å². The molecule has 0 aliphatic carbocycles. The van der Waals surface area contributed by atoms with Gasteiger partial charge in [-0.2, -0.15) is 0 Å². The second kappa shape index (κ2) is 4.54. The normalized spacial score (nSPS) is 10.4. The molecule has 78 valence electrons. The van der Waals surface area contributed by atoms with E-state index < -0.39 is 0 Å². The van der Waals surface area contributed by atoms with Gasteiger partial charge in [0.25, 0.3) is 0 Å². The molecule has 2 heterocycles. The average molecular weight is 204 g/mol. The molecule has 5 nitrogen and oxygen atoms in total. The molecule has 5 heteroatoms. The van der Waals surface area contributed by atoms with Crippen LogP contribution in [0.3, 0.4) is 0 Å². The number of aromatic nitrogens is 4. The van der Waals surface area contributed by atoms with E-state index in [1.807, 2.05) is 21.5 Å². The first-order valence-corrected chi connectivity index (χ1v) is 4.82. The van der Waals surface area contributed by atoms with Crippen molar-refractivity contribution in [3.63, 3.8) is 0 Å². The Balaban J connectivity index is 1.86. The van der Waals surface area contributed by atoms with Gasteiger partial charge < -0.3 is 9.13 Å². The second-order valence-electron chi connectivity index (χ2n) is 3.25. The fraction of sp³-hybridized carbons (Fsp3) is 0.300. The van der Waals surface area contributed by atoms with Gasteiger partial charge in [-0.3, -0.25) is 4.79 Å². The Morgan fingerprint density at radius 3 is 2.93 bits per heavy atom. The van der Waals surface area contributed by atoms with E-state index in [0.717, 1.165) is 25.8 Å². The number of nitrogens with zero attached hydrogens (tertiary/aromatic N) is 4. The number of hydrogen-bond acceptors (Lipinski definition) is 3. The monoisotopic (exact) mass is 204 g/mol. The van der Waals surface area contributed by atoms with Gasteiger partial charge in [0.2, 0.25) is 0 Å². The summed E-state index contributed by atoms with van der Waals surface area (Å²) in [5.74, 6) is 0.487. The van der Waals surface area contributed by atoms with Crippen molar-refractivity contribution in [1.82, 2.24) is 19.1 Å². The van der Waals surface area contributed by atoms with Crippen molar-refractivity contribution in [2.45, 2.75) is 19.5 Å². The summed E-state index contributed by atoms with van der Waals surface area (Å²) in [6.45, 7) is 1.70. The Hall–Kier alpha value is -1.91. The highest BCUT2D eigenvalue weighted by Crippen LogP contribution is 1.98. The summed E-state index contributed by atoms with van der Waals surface area (Å²) >= 11 is 0. The summed E-state index contributed by atoms with van der Waals surface area (Å²) in [6, 6.07) is 0. The molecular formula is C10H12N4O. The lowest BCUT2D eigenvalue weighted by Gasteiger charge is -2.04. The van der Waals surface area contributed by atoms with Gasteiger partial charge in [0.05, 0.1) is 6.33 Å². The van der Waals surface area contributed by atoms with Crippen molar-refractivity contribution in [2.75, 3.05) is 0 Å². The van der Waals surface area contributed by atoms with Crippen molar-refractivity contribution in [2.24, 2.45) is 0 Å². The summed E-state index contributed by atoms with van der Waals surface area (Å²) in [6.07, 6.45) is 10.7. The van der Waals surface area contributed by atoms with E-state index in [1.165, 1.54) is 0 Å². The van der Waals surface area contributed by atoms with Gasteiger partial charge in [-0.1, -0.05) is 0 Å². The van der Waals surface area contributed by atoms with E-state index in [0.29, 0.717) is 5.82 Å². The van der Waals surface area contributed by atoms with E-state index in [4.69, 9.17) is 0 Å². The molecule has 0 amide bonds. The maximum Gasteiger partial charge on any atom is 0.185 e. The van der Waals surface area contributed by atoms with Crippen LogP contribution in [-0.4, -0.2) is 25.4 Å². The van der Waals surface area contributed by atoms with Crippen LogP contribution < -0.4 is 0 Å². The molecule has 0 aliphatic heterocycles. The number of imidazole rings is 2. The maximum absolute atomic E-state index is 10.6. The largest absolute Gasteiger partial charge is 0.337 e. The van der Waals surface area contributed by atoms with Crippen LogP contribution >= 0.6 is 0 Å². The van der Waals surface area contributed by atoms with Gasteiger partial charge in [0.15, 0.2) is 12.1 Å². The number of carbonyl (C=O) groups is 1. The van der Waals surface area contributed by atoms with Crippen LogP contribution in [0.1, 0.15) is 17.0 Å². The zero-order valence-electron chi connectivity index (χ0n) is 8.28. The fourth-order valence-electron chi connectivity index (χ4n) is 1.47. The lowest BCUT2D eigenvalue weighted by atomic mass is 10.4. The molecular weight excluding hydrogens is 192 g/mol. The van der Waals surface area contributed by atoms with Crippen molar-refractivity contribution in [1.29, 1.82) is 0 Å². The molecule has 2 aromatic rings. The first-order chi connectivity index (χ1) is 7.40. The molecule has 0 saturated carbocycles. The predicted molar refractivity (Wildman–Crippen MR) is 54.5 cm³/mol. The van der Waals surface area contributed by atoms with E-state index in [9.17, 15) is 4.79 Å². The fourth-order valence-corrected chi connectivity index (χ4v) is 1.47. The zero-order valence-corrected chi connectivity index (χ0v) is 8.28. The molecule has 0 bridgehead atoms. The first kappa shape index (κ1) is 9.64. The quantitative estimate of drug-likeness (QED) is 0.682. The van der Waals surface area contributed by atoms with Crippen LogP contribution in [-0.2, 0) is 13.1 Å². The summed E-state index contributed by atoms with van der Waals surface area (Å²) in [7, 11) is 0. The predicted octanol–water partition coefficient (Wildman–Crippen LogP) is 0.982. The summed E-state index contributed by atoms with van der Waals surface area (Å²) < 4.78 is 3.86. The summed E-state index contributed by atoms with van der Waals surface area (Å²) in [5, 5.41) is 0. The molecule has 0 saturated heterocycles. The van der Waals surface area contributed by atoms with Crippen molar-refractivity contribution < 1.29 is 4.79 Å². The summed E-state index contributed by atoms with van der Waals surface area (Å²) in [5.41, 5.74) is 0. The molecule has 0 spiro atoms. The van der Waals surface area contributed by atoms with Crippen LogP contribution in [0.4, 0.5) is 0 Å². The van der Waals surface area contributed by atoms with Gasteiger partial charge in [-0.15, -0.1) is 0 Å². The van der Waals surface area contributed by atoms with Crippen molar-refractivity contribution in [3.05, 3.63) is 36.9 Å². The molecule has 2 aromatic heterocycles. The maximum atomic E-state index is 10.6. The van der Waals surface area contributed by atoms with E-state index in [2.05, 4.69) is 9.97 Å². The smallest absolute Gasteiger partial charge is 0.185 e. The third-order valence-electron chi connectivity index (χ3n) is 2.23. The van der Waals surface area contributed by atoms with Crippen LogP contribution in [0.2, 0.25) is 0 Å². The first-order valence-electron chi connectivity index (χ1n) is 4.82. The molecule has 0 radical (unpaired) electrons. The molecule has 0 aromatic carbocycles. The minimum Gasteiger partial charge on any atom is -0.337 e. The van der Waals surface area contributed by atoms with Gasteiger partial charge >= 0.3 is 0 Å². The standard InChI is InChI=1S/C10H12N4O/c15-8-10-12-3-7-14(10)5-1-4-13-6-2-11-9-13/h2-3,6-9H,1,4-5H2. The Morgan fingerprint density at radius 2 is 2.20 bits per heavy atom.